The van der Waals surface area contributed by atoms with Gasteiger partial charge in [-0.2, -0.15) is 0 Å². The van der Waals surface area contributed by atoms with E-state index >= 15 is 0 Å². The fraction of sp³-hybridized carbons (Fsp3) is 0.542. The van der Waals surface area contributed by atoms with E-state index in [0.29, 0.717) is 5.56 Å². The number of ether oxygens (including phenoxy) is 1. The Bertz CT molecular complexity index is 516. The standard InChI is InChI=1S/C24H36O2/c1-3-4-5-6-7-8-9-10-11-12-13-14-16-19-22(2)26-24(25)23-20-17-15-18-21-23/h4-5,10-11,15,17-18,20-22H,3,6-9,12-14,16,19H2,1-2H3/b5-4+,11-10+. The third-order valence-corrected chi connectivity index (χ3v) is 4.36. The second kappa shape index (κ2) is 15.4. The van der Waals surface area contributed by atoms with Crippen LogP contribution < -0.4 is 0 Å². The van der Waals surface area contributed by atoms with Crippen molar-refractivity contribution in [1.82, 2.24) is 0 Å². The van der Waals surface area contributed by atoms with Gasteiger partial charge in [0.05, 0.1) is 11.7 Å². The molecular formula is C24H36O2. The maximum atomic E-state index is 12.0. The molecule has 2 heteroatoms. The van der Waals surface area contributed by atoms with Crippen molar-refractivity contribution in [2.75, 3.05) is 0 Å². The van der Waals surface area contributed by atoms with Crippen LogP contribution in [0, 0.1) is 0 Å². The lowest BCUT2D eigenvalue weighted by Gasteiger charge is -2.13. The van der Waals surface area contributed by atoms with Gasteiger partial charge < -0.3 is 4.74 Å². The zero-order chi connectivity index (χ0) is 18.9. The van der Waals surface area contributed by atoms with Crippen LogP contribution in [0.15, 0.2) is 54.6 Å². The van der Waals surface area contributed by atoms with Crippen molar-refractivity contribution in [3.63, 3.8) is 0 Å². The van der Waals surface area contributed by atoms with Crippen LogP contribution in [0.25, 0.3) is 0 Å². The van der Waals surface area contributed by atoms with E-state index in [4.69, 9.17) is 4.74 Å². The summed E-state index contributed by atoms with van der Waals surface area (Å²) in [6.07, 6.45) is 20.9. The predicted molar refractivity (Wildman–Crippen MR) is 111 cm³/mol. The number of carbonyl (C=O) groups is 1. The third-order valence-electron chi connectivity index (χ3n) is 4.36. The van der Waals surface area contributed by atoms with E-state index in [-0.39, 0.29) is 12.1 Å². The summed E-state index contributed by atoms with van der Waals surface area (Å²) < 4.78 is 5.49. The van der Waals surface area contributed by atoms with Gasteiger partial charge in [0, 0.05) is 0 Å². The lowest BCUT2D eigenvalue weighted by Crippen LogP contribution is -2.14. The van der Waals surface area contributed by atoms with E-state index in [1.165, 1.54) is 38.5 Å². The van der Waals surface area contributed by atoms with Crippen molar-refractivity contribution < 1.29 is 9.53 Å². The van der Waals surface area contributed by atoms with Gasteiger partial charge in [0.1, 0.15) is 0 Å². The smallest absolute Gasteiger partial charge is 0.338 e. The van der Waals surface area contributed by atoms with Crippen molar-refractivity contribution in [2.24, 2.45) is 0 Å². The minimum absolute atomic E-state index is 0.0139. The molecule has 0 amide bonds. The summed E-state index contributed by atoms with van der Waals surface area (Å²) in [7, 11) is 0. The first kappa shape index (κ1) is 22.2. The molecule has 26 heavy (non-hydrogen) atoms. The maximum absolute atomic E-state index is 12.0. The SMILES string of the molecule is CC/C=C/CCCC/C=C/CCCCCC(C)OC(=O)c1ccccc1. The Labute approximate surface area is 160 Å². The number of carbonyl (C=O) groups excluding carboxylic acids is 1. The molecule has 1 aromatic carbocycles. The fourth-order valence-electron chi connectivity index (χ4n) is 2.80. The second-order valence-corrected chi connectivity index (χ2v) is 6.86. The topological polar surface area (TPSA) is 26.3 Å². The van der Waals surface area contributed by atoms with Crippen LogP contribution in [0.3, 0.4) is 0 Å². The van der Waals surface area contributed by atoms with Crippen molar-refractivity contribution in [3.05, 3.63) is 60.2 Å². The first-order valence-corrected chi connectivity index (χ1v) is 10.3. The number of allylic oxidation sites excluding steroid dienone is 4. The Morgan fingerprint density at radius 3 is 2.08 bits per heavy atom. The molecule has 0 N–H and O–H groups in total. The minimum atomic E-state index is -0.216. The van der Waals surface area contributed by atoms with Gasteiger partial charge in [0.2, 0.25) is 0 Å². The molecule has 0 radical (unpaired) electrons. The summed E-state index contributed by atoms with van der Waals surface area (Å²) >= 11 is 0. The number of rotatable bonds is 14. The Morgan fingerprint density at radius 2 is 1.46 bits per heavy atom. The van der Waals surface area contributed by atoms with E-state index in [0.717, 1.165) is 25.7 Å². The molecule has 1 unspecified atom stereocenters. The van der Waals surface area contributed by atoms with Crippen LogP contribution in [0.1, 0.15) is 88.4 Å². The molecule has 0 saturated heterocycles. The zero-order valence-corrected chi connectivity index (χ0v) is 16.7. The Hall–Kier alpha value is -1.83. The third kappa shape index (κ3) is 11.7. The largest absolute Gasteiger partial charge is 0.459 e. The summed E-state index contributed by atoms with van der Waals surface area (Å²) in [5, 5.41) is 0. The summed E-state index contributed by atoms with van der Waals surface area (Å²) in [6.45, 7) is 4.16. The molecule has 0 aromatic heterocycles. The van der Waals surface area contributed by atoms with E-state index in [2.05, 4.69) is 31.2 Å². The molecule has 0 aliphatic heterocycles. The molecule has 1 atom stereocenters. The van der Waals surface area contributed by atoms with Crippen LogP contribution in [0.4, 0.5) is 0 Å². The quantitative estimate of drug-likeness (QED) is 0.199. The van der Waals surface area contributed by atoms with Gasteiger partial charge in [0.25, 0.3) is 0 Å². The normalized spacial score (nSPS) is 12.7. The molecule has 0 aliphatic rings. The zero-order valence-electron chi connectivity index (χ0n) is 16.7. The van der Waals surface area contributed by atoms with Gasteiger partial charge in [-0.05, 0) is 76.8 Å². The lowest BCUT2D eigenvalue weighted by molar-refractivity contribution is 0.0319. The molecule has 144 valence electrons. The number of hydrogen-bond acceptors (Lipinski definition) is 2. The van der Waals surface area contributed by atoms with Crippen molar-refractivity contribution >= 4 is 5.97 Å². The van der Waals surface area contributed by atoms with Gasteiger partial charge in [0.15, 0.2) is 0 Å². The van der Waals surface area contributed by atoms with Gasteiger partial charge in [-0.25, -0.2) is 4.79 Å². The molecule has 0 bridgehead atoms. The average molecular weight is 357 g/mol. The van der Waals surface area contributed by atoms with Crippen LogP contribution in [-0.2, 0) is 4.74 Å². The number of unbranched alkanes of at least 4 members (excludes halogenated alkanes) is 6. The maximum Gasteiger partial charge on any atom is 0.338 e. The Balaban J connectivity index is 1.95. The molecule has 0 fully saturated rings. The minimum Gasteiger partial charge on any atom is -0.459 e. The first-order valence-electron chi connectivity index (χ1n) is 10.3. The molecule has 0 aliphatic carbocycles. The highest BCUT2D eigenvalue weighted by molar-refractivity contribution is 5.89. The number of hydrogen-bond donors (Lipinski definition) is 0. The highest BCUT2D eigenvalue weighted by Gasteiger charge is 2.10. The van der Waals surface area contributed by atoms with Crippen LogP contribution >= 0.6 is 0 Å². The van der Waals surface area contributed by atoms with Gasteiger partial charge in [-0.1, -0.05) is 55.8 Å². The van der Waals surface area contributed by atoms with Gasteiger partial charge in [-0.3, -0.25) is 0 Å². The van der Waals surface area contributed by atoms with Gasteiger partial charge in [-0.15, -0.1) is 0 Å². The highest BCUT2D eigenvalue weighted by atomic mass is 16.5. The number of esters is 1. The van der Waals surface area contributed by atoms with Crippen molar-refractivity contribution in [1.29, 1.82) is 0 Å². The first-order chi connectivity index (χ1) is 12.7. The van der Waals surface area contributed by atoms with E-state index in [1.54, 1.807) is 12.1 Å². The lowest BCUT2D eigenvalue weighted by atomic mass is 10.1. The van der Waals surface area contributed by atoms with E-state index < -0.39 is 0 Å². The molecular weight excluding hydrogens is 320 g/mol. The fourth-order valence-corrected chi connectivity index (χ4v) is 2.80. The van der Waals surface area contributed by atoms with Crippen molar-refractivity contribution in [2.45, 2.75) is 84.2 Å². The molecule has 1 aromatic rings. The van der Waals surface area contributed by atoms with Crippen LogP contribution in [0.5, 0.6) is 0 Å². The Morgan fingerprint density at radius 1 is 0.885 bits per heavy atom. The summed E-state index contributed by atoms with van der Waals surface area (Å²) in [5.74, 6) is -0.216. The molecule has 0 saturated carbocycles. The highest BCUT2D eigenvalue weighted by Crippen LogP contribution is 2.11. The van der Waals surface area contributed by atoms with Crippen LogP contribution in [-0.4, -0.2) is 12.1 Å². The Kier molecular flexibility index (Phi) is 13.2. The van der Waals surface area contributed by atoms with E-state index in [1.807, 2.05) is 25.1 Å². The summed E-state index contributed by atoms with van der Waals surface area (Å²) in [5.41, 5.74) is 0.630. The summed E-state index contributed by atoms with van der Waals surface area (Å²) in [6, 6.07) is 9.21. The van der Waals surface area contributed by atoms with E-state index in [9.17, 15) is 4.79 Å². The van der Waals surface area contributed by atoms with Crippen molar-refractivity contribution in [3.8, 4) is 0 Å². The van der Waals surface area contributed by atoms with Gasteiger partial charge >= 0.3 is 5.97 Å². The second-order valence-electron chi connectivity index (χ2n) is 6.86. The molecule has 2 nitrogen and oxygen atoms in total. The monoisotopic (exact) mass is 356 g/mol. The summed E-state index contributed by atoms with van der Waals surface area (Å²) in [4.78, 5) is 12.0. The number of benzene rings is 1. The molecule has 0 spiro atoms. The molecule has 0 heterocycles. The predicted octanol–water partition coefficient (Wildman–Crippen LogP) is 7.27. The average Bonchev–Trinajstić information content (AvgIpc) is 2.66. The molecule has 1 rings (SSSR count). The van der Waals surface area contributed by atoms with Crippen LogP contribution in [0.2, 0.25) is 0 Å².